The maximum absolute atomic E-state index is 9.60. The van der Waals surface area contributed by atoms with Crippen LogP contribution in [0, 0.1) is 5.92 Å². The summed E-state index contributed by atoms with van der Waals surface area (Å²) in [6.45, 7) is 10.8. The van der Waals surface area contributed by atoms with Crippen molar-refractivity contribution in [2.24, 2.45) is 5.92 Å². The Bertz CT molecular complexity index is 248. The van der Waals surface area contributed by atoms with E-state index in [1.165, 1.54) is 19.4 Å². The molecule has 1 rings (SSSR count). The van der Waals surface area contributed by atoms with Crippen LogP contribution in [0.5, 0.6) is 0 Å². The maximum atomic E-state index is 9.60. The number of likely N-dealkylation sites (tertiary alicyclic amines) is 1. The summed E-state index contributed by atoms with van der Waals surface area (Å²) in [5.74, 6) is 0.667. The Morgan fingerprint density at radius 1 is 1.53 bits per heavy atom. The van der Waals surface area contributed by atoms with E-state index in [1.54, 1.807) is 7.11 Å². The molecule has 1 heterocycles. The number of methoxy groups -OCH3 is 1. The van der Waals surface area contributed by atoms with Gasteiger partial charge in [-0.1, -0.05) is 6.92 Å². The molecule has 19 heavy (non-hydrogen) atoms. The summed E-state index contributed by atoms with van der Waals surface area (Å²) in [5.41, 5.74) is -0.164. The first-order valence-electron chi connectivity index (χ1n) is 7.63. The molecule has 0 saturated carbocycles. The molecular formula is C15H32N2O2. The first kappa shape index (κ1) is 16.9. The highest BCUT2D eigenvalue weighted by Gasteiger charge is 2.30. The van der Waals surface area contributed by atoms with Gasteiger partial charge < -0.3 is 20.1 Å². The first-order valence-corrected chi connectivity index (χ1v) is 7.63. The summed E-state index contributed by atoms with van der Waals surface area (Å²) in [4.78, 5) is 2.55. The van der Waals surface area contributed by atoms with Crippen LogP contribution in [0.4, 0.5) is 0 Å². The average Bonchev–Trinajstić information content (AvgIpc) is 2.39. The molecule has 1 fully saturated rings. The largest absolute Gasteiger partial charge is 0.394 e. The molecule has 3 atom stereocenters. The molecule has 0 radical (unpaired) electrons. The van der Waals surface area contributed by atoms with E-state index in [1.807, 2.05) is 0 Å². The fraction of sp³-hybridized carbons (Fsp3) is 1.00. The molecule has 0 spiro atoms. The van der Waals surface area contributed by atoms with Crippen molar-refractivity contribution in [2.75, 3.05) is 40.0 Å². The van der Waals surface area contributed by atoms with Crippen LogP contribution in [0.15, 0.2) is 0 Å². The highest BCUT2D eigenvalue weighted by Crippen LogP contribution is 2.23. The van der Waals surface area contributed by atoms with Crippen LogP contribution in [0.2, 0.25) is 0 Å². The van der Waals surface area contributed by atoms with E-state index >= 15 is 0 Å². The van der Waals surface area contributed by atoms with Crippen molar-refractivity contribution in [3.63, 3.8) is 0 Å². The quantitative estimate of drug-likeness (QED) is 0.702. The highest BCUT2D eigenvalue weighted by atomic mass is 16.5. The van der Waals surface area contributed by atoms with E-state index in [-0.39, 0.29) is 12.1 Å². The monoisotopic (exact) mass is 272 g/mol. The molecule has 0 amide bonds. The van der Waals surface area contributed by atoms with Crippen LogP contribution in [0.3, 0.4) is 0 Å². The fourth-order valence-corrected chi connectivity index (χ4v) is 3.27. The maximum Gasteiger partial charge on any atom is 0.0611 e. The van der Waals surface area contributed by atoms with Gasteiger partial charge in [-0.2, -0.15) is 0 Å². The predicted molar refractivity (Wildman–Crippen MR) is 79.4 cm³/mol. The van der Waals surface area contributed by atoms with Crippen LogP contribution in [-0.4, -0.2) is 61.5 Å². The molecule has 0 bridgehead atoms. The van der Waals surface area contributed by atoms with Crippen molar-refractivity contribution in [3.05, 3.63) is 0 Å². The number of nitrogens with zero attached hydrogens (tertiary/aromatic N) is 1. The second-order valence-corrected chi connectivity index (χ2v) is 6.26. The van der Waals surface area contributed by atoms with E-state index in [9.17, 15) is 5.11 Å². The van der Waals surface area contributed by atoms with Crippen LogP contribution in [0.1, 0.15) is 40.0 Å². The van der Waals surface area contributed by atoms with Gasteiger partial charge in [-0.15, -0.1) is 0 Å². The lowest BCUT2D eigenvalue weighted by molar-refractivity contribution is 0.0544. The Labute approximate surface area is 118 Å². The van der Waals surface area contributed by atoms with Crippen molar-refractivity contribution in [1.82, 2.24) is 10.2 Å². The number of rotatable bonds is 8. The van der Waals surface area contributed by atoms with Crippen LogP contribution < -0.4 is 5.32 Å². The smallest absolute Gasteiger partial charge is 0.0611 e. The van der Waals surface area contributed by atoms with Gasteiger partial charge in [0.2, 0.25) is 0 Å². The van der Waals surface area contributed by atoms with Gasteiger partial charge in [-0.05, 0) is 52.1 Å². The number of piperidine rings is 1. The summed E-state index contributed by atoms with van der Waals surface area (Å²) in [6.07, 6.45) is 3.52. The lowest BCUT2D eigenvalue weighted by atomic mass is 9.91. The van der Waals surface area contributed by atoms with Crippen molar-refractivity contribution in [1.29, 1.82) is 0 Å². The van der Waals surface area contributed by atoms with Gasteiger partial charge in [-0.25, -0.2) is 0 Å². The standard InChI is InChI=1S/C15H32N2O2/c1-5-16-15(3,12-18)9-13(2)17-8-6-7-14(10-17)11-19-4/h13-14,16,18H,5-12H2,1-4H3. The summed E-state index contributed by atoms with van der Waals surface area (Å²) in [7, 11) is 1.79. The van der Waals surface area contributed by atoms with E-state index in [0.29, 0.717) is 12.0 Å². The van der Waals surface area contributed by atoms with Gasteiger partial charge in [0.1, 0.15) is 0 Å². The zero-order valence-electron chi connectivity index (χ0n) is 13.1. The van der Waals surface area contributed by atoms with Crippen molar-refractivity contribution >= 4 is 0 Å². The summed E-state index contributed by atoms with van der Waals surface area (Å²) in [6, 6.07) is 0.496. The molecular weight excluding hydrogens is 240 g/mol. The molecule has 0 aromatic carbocycles. The molecule has 4 heteroatoms. The number of likely N-dealkylation sites (N-methyl/N-ethyl adjacent to an activating group) is 1. The Hall–Kier alpha value is -0.160. The molecule has 4 nitrogen and oxygen atoms in total. The SMILES string of the molecule is CCNC(C)(CO)CC(C)N1CCCC(COC)C1. The topological polar surface area (TPSA) is 44.7 Å². The number of hydrogen-bond acceptors (Lipinski definition) is 4. The molecule has 0 aromatic rings. The van der Waals surface area contributed by atoms with Crippen LogP contribution in [-0.2, 0) is 4.74 Å². The highest BCUT2D eigenvalue weighted by molar-refractivity contribution is 4.88. The minimum absolute atomic E-state index is 0.164. The Morgan fingerprint density at radius 3 is 2.84 bits per heavy atom. The number of ether oxygens (including phenoxy) is 1. The molecule has 0 aliphatic carbocycles. The number of aliphatic hydroxyl groups excluding tert-OH is 1. The van der Waals surface area contributed by atoms with Gasteiger partial charge in [0.05, 0.1) is 13.2 Å². The average molecular weight is 272 g/mol. The zero-order valence-corrected chi connectivity index (χ0v) is 13.1. The normalized spacial score (nSPS) is 26.1. The molecule has 0 aromatic heterocycles. The Morgan fingerprint density at radius 2 is 2.26 bits per heavy atom. The van der Waals surface area contributed by atoms with E-state index in [0.717, 1.165) is 26.1 Å². The van der Waals surface area contributed by atoms with Gasteiger partial charge in [-0.3, -0.25) is 0 Å². The second kappa shape index (κ2) is 8.20. The van der Waals surface area contributed by atoms with E-state index in [2.05, 4.69) is 31.0 Å². The number of hydrogen-bond donors (Lipinski definition) is 2. The predicted octanol–water partition coefficient (Wildman–Crippen LogP) is 1.48. The molecule has 114 valence electrons. The molecule has 1 aliphatic rings. The third kappa shape index (κ3) is 5.38. The summed E-state index contributed by atoms with van der Waals surface area (Å²) < 4.78 is 5.29. The third-order valence-electron chi connectivity index (χ3n) is 4.27. The first-order chi connectivity index (χ1) is 9.04. The Balaban J connectivity index is 2.49. The van der Waals surface area contributed by atoms with Gasteiger partial charge in [0, 0.05) is 25.2 Å². The van der Waals surface area contributed by atoms with Crippen molar-refractivity contribution in [3.8, 4) is 0 Å². The molecule has 2 N–H and O–H groups in total. The lowest BCUT2D eigenvalue weighted by Gasteiger charge is -2.40. The number of aliphatic hydroxyl groups is 1. The summed E-state index contributed by atoms with van der Waals surface area (Å²) in [5, 5.41) is 13.0. The number of nitrogens with one attached hydrogen (secondary N) is 1. The van der Waals surface area contributed by atoms with Gasteiger partial charge >= 0.3 is 0 Å². The van der Waals surface area contributed by atoms with Crippen molar-refractivity contribution in [2.45, 2.75) is 51.6 Å². The molecule has 3 unspecified atom stereocenters. The third-order valence-corrected chi connectivity index (χ3v) is 4.27. The van der Waals surface area contributed by atoms with Gasteiger partial charge in [0.25, 0.3) is 0 Å². The minimum atomic E-state index is -0.164. The van der Waals surface area contributed by atoms with E-state index in [4.69, 9.17) is 4.74 Å². The van der Waals surface area contributed by atoms with E-state index < -0.39 is 0 Å². The van der Waals surface area contributed by atoms with Crippen LogP contribution >= 0.6 is 0 Å². The zero-order chi connectivity index (χ0) is 14.3. The van der Waals surface area contributed by atoms with Crippen molar-refractivity contribution < 1.29 is 9.84 Å². The minimum Gasteiger partial charge on any atom is -0.394 e. The van der Waals surface area contributed by atoms with Gasteiger partial charge in [0.15, 0.2) is 0 Å². The fourth-order valence-electron chi connectivity index (χ4n) is 3.27. The Kier molecular flexibility index (Phi) is 7.29. The second-order valence-electron chi connectivity index (χ2n) is 6.26. The summed E-state index contributed by atoms with van der Waals surface area (Å²) >= 11 is 0. The molecule has 1 saturated heterocycles. The molecule has 1 aliphatic heterocycles. The lowest BCUT2D eigenvalue weighted by Crippen LogP contribution is -2.52. The van der Waals surface area contributed by atoms with Crippen LogP contribution in [0.25, 0.3) is 0 Å².